The van der Waals surface area contributed by atoms with E-state index in [1.807, 2.05) is 43.0 Å². The molecule has 4 rings (SSSR count). The van der Waals surface area contributed by atoms with Crippen LogP contribution in [0.15, 0.2) is 36.4 Å². The van der Waals surface area contributed by atoms with E-state index in [0.29, 0.717) is 25.2 Å². The summed E-state index contributed by atoms with van der Waals surface area (Å²) in [6, 6.07) is 11.2. The van der Waals surface area contributed by atoms with E-state index >= 15 is 0 Å². The molecule has 1 fully saturated rings. The van der Waals surface area contributed by atoms with Crippen molar-refractivity contribution in [2.24, 2.45) is 5.73 Å². The number of nitrogens with zero attached hydrogens (tertiary/aromatic N) is 2. The first-order chi connectivity index (χ1) is 19.6. The highest BCUT2D eigenvalue weighted by molar-refractivity contribution is 5.95. The van der Waals surface area contributed by atoms with E-state index in [1.54, 1.807) is 19.1 Å². The average molecular weight is 562 g/mol. The van der Waals surface area contributed by atoms with Gasteiger partial charge in [0.1, 0.15) is 11.7 Å². The first-order valence-electron chi connectivity index (χ1n) is 14.0. The molecule has 218 valence electrons. The van der Waals surface area contributed by atoms with Gasteiger partial charge in [-0.15, -0.1) is 0 Å². The Labute approximate surface area is 239 Å². The Morgan fingerprint density at radius 1 is 1.12 bits per heavy atom. The summed E-state index contributed by atoms with van der Waals surface area (Å²) in [7, 11) is 0. The number of carbonyl (C=O) groups excluding carboxylic acids is 3. The predicted molar refractivity (Wildman–Crippen MR) is 158 cm³/mol. The van der Waals surface area contributed by atoms with Crippen molar-refractivity contribution in [3.8, 4) is 0 Å². The first-order valence-corrected chi connectivity index (χ1v) is 14.0. The summed E-state index contributed by atoms with van der Waals surface area (Å²) in [6.45, 7) is 7.75. The highest BCUT2D eigenvalue weighted by Gasteiger charge is 2.41. The normalized spacial score (nSPS) is 14.5. The van der Waals surface area contributed by atoms with Crippen molar-refractivity contribution in [2.75, 3.05) is 31.6 Å². The molecule has 1 saturated heterocycles. The summed E-state index contributed by atoms with van der Waals surface area (Å²) < 4.78 is 4.92. The van der Waals surface area contributed by atoms with Crippen LogP contribution in [0.1, 0.15) is 62.0 Å². The average Bonchev–Trinajstić information content (AvgIpc) is 3.65. The van der Waals surface area contributed by atoms with Crippen LogP contribution in [0.25, 0.3) is 11.0 Å². The number of rotatable bonds is 12. The molecule has 11 nitrogen and oxygen atoms in total. The molecule has 2 aromatic carbocycles. The molecule has 0 bridgehead atoms. The molecule has 1 aromatic heterocycles. The summed E-state index contributed by atoms with van der Waals surface area (Å²) in [4.78, 5) is 48.3. The van der Waals surface area contributed by atoms with Gasteiger partial charge in [-0.25, -0.2) is 4.98 Å². The fourth-order valence-electron chi connectivity index (χ4n) is 5.27. The standard InChI is InChI=1S/C30H39N7O4/c1-4-41-26(39)14-13-25(38)34-18-30(3,29(40)37-15-5-6-16-37)22-11-12-23-27(19(22)2)36-24(35-23)17-33-21-9-7-20(8-10-21)28(31)32/h7-12,33H,4-6,13-18H2,1-3H3,(H3,31,32)(H,34,38)(H,35,36). The lowest BCUT2D eigenvalue weighted by molar-refractivity contribution is -0.144. The fourth-order valence-corrected chi connectivity index (χ4v) is 5.27. The molecule has 3 aromatic rings. The van der Waals surface area contributed by atoms with Crippen molar-refractivity contribution >= 4 is 40.3 Å². The number of aromatic amines is 1. The largest absolute Gasteiger partial charge is 0.466 e. The molecule has 2 heterocycles. The molecule has 1 aliphatic rings. The molecular formula is C30H39N7O4. The monoisotopic (exact) mass is 561 g/mol. The van der Waals surface area contributed by atoms with Crippen LogP contribution in [0.2, 0.25) is 0 Å². The number of nitrogen functional groups attached to an aromatic ring is 1. The Morgan fingerprint density at radius 2 is 1.83 bits per heavy atom. The number of H-pyrrole nitrogens is 1. The van der Waals surface area contributed by atoms with Crippen LogP contribution >= 0.6 is 0 Å². The Morgan fingerprint density at radius 3 is 2.49 bits per heavy atom. The minimum absolute atomic E-state index is 0.00194. The second-order valence-electron chi connectivity index (χ2n) is 10.6. The second kappa shape index (κ2) is 12.8. The minimum Gasteiger partial charge on any atom is -0.466 e. The number of likely N-dealkylation sites (tertiary alicyclic amines) is 1. The maximum atomic E-state index is 13.9. The van der Waals surface area contributed by atoms with E-state index < -0.39 is 11.4 Å². The highest BCUT2D eigenvalue weighted by atomic mass is 16.5. The van der Waals surface area contributed by atoms with Crippen LogP contribution in [0, 0.1) is 12.3 Å². The molecule has 1 atom stereocenters. The number of fused-ring (bicyclic) bond motifs is 1. The fraction of sp³-hybridized carbons (Fsp3) is 0.433. The topological polar surface area (TPSA) is 166 Å². The molecule has 1 unspecified atom stereocenters. The number of imidazole rings is 1. The van der Waals surface area contributed by atoms with Gasteiger partial charge in [0.05, 0.1) is 36.0 Å². The zero-order chi connectivity index (χ0) is 29.6. The zero-order valence-corrected chi connectivity index (χ0v) is 23.9. The maximum Gasteiger partial charge on any atom is 0.306 e. The summed E-state index contributed by atoms with van der Waals surface area (Å²) in [5.41, 5.74) is 9.34. The third-order valence-electron chi connectivity index (χ3n) is 7.57. The molecule has 11 heteroatoms. The molecule has 6 N–H and O–H groups in total. The van der Waals surface area contributed by atoms with Crippen LogP contribution < -0.4 is 16.4 Å². The number of carbonyl (C=O) groups is 3. The van der Waals surface area contributed by atoms with Gasteiger partial charge in [0, 0.05) is 37.3 Å². The molecular weight excluding hydrogens is 522 g/mol. The number of ether oxygens (including phenoxy) is 1. The third kappa shape index (κ3) is 6.85. The third-order valence-corrected chi connectivity index (χ3v) is 7.57. The van der Waals surface area contributed by atoms with Gasteiger partial charge in [0.25, 0.3) is 0 Å². The quantitative estimate of drug-likeness (QED) is 0.129. The summed E-state index contributed by atoms with van der Waals surface area (Å²) >= 11 is 0. The lowest BCUT2D eigenvalue weighted by Gasteiger charge is -2.34. The Balaban J connectivity index is 1.55. The smallest absolute Gasteiger partial charge is 0.306 e. The van der Waals surface area contributed by atoms with Gasteiger partial charge in [-0.3, -0.25) is 19.8 Å². The van der Waals surface area contributed by atoms with Crippen LogP contribution in [-0.2, 0) is 31.1 Å². The predicted octanol–water partition coefficient (Wildman–Crippen LogP) is 3.11. The van der Waals surface area contributed by atoms with Crippen LogP contribution in [0.3, 0.4) is 0 Å². The number of hydrogen-bond acceptors (Lipinski definition) is 7. The molecule has 0 radical (unpaired) electrons. The second-order valence-corrected chi connectivity index (χ2v) is 10.6. The molecule has 0 saturated carbocycles. The number of nitrogens with two attached hydrogens (primary N) is 1. The lowest BCUT2D eigenvalue weighted by Crippen LogP contribution is -2.51. The van der Waals surface area contributed by atoms with Crippen molar-refractivity contribution in [3.05, 3.63) is 58.9 Å². The molecule has 1 aliphatic heterocycles. The van der Waals surface area contributed by atoms with Gasteiger partial charge in [-0.05, 0) is 75.1 Å². The van der Waals surface area contributed by atoms with Crippen LogP contribution in [-0.4, -0.2) is 64.7 Å². The Kier molecular flexibility index (Phi) is 9.26. The van der Waals surface area contributed by atoms with Gasteiger partial charge < -0.3 is 31.0 Å². The lowest BCUT2D eigenvalue weighted by atomic mass is 9.78. The zero-order valence-electron chi connectivity index (χ0n) is 23.9. The molecule has 2 amide bonds. The number of aryl methyl sites for hydroxylation is 1. The minimum atomic E-state index is -1.02. The van der Waals surface area contributed by atoms with Gasteiger partial charge in [-0.1, -0.05) is 6.07 Å². The van der Waals surface area contributed by atoms with E-state index in [0.717, 1.165) is 46.5 Å². The number of amidine groups is 1. The van der Waals surface area contributed by atoms with Gasteiger partial charge in [-0.2, -0.15) is 0 Å². The molecule has 41 heavy (non-hydrogen) atoms. The van der Waals surface area contributed by atoms with Crippen molar-refractivity contribution < 1.29 is 19.1 Å². The number of anilines is 1. The van der Waals surface area contributed by atoms with Crippen molar-refractivity contribution in [1.82, 2.24) is 20.2 Å². The van der Waals surface area contributed by atoms with E-state index in [9.17, 15) is 14.4 Å². The van der Waals surface area contributed by atoms with E-state index in [2.05, 4.69) is 15.6 Å². The van der Waals surface area contributed by atoms with Gasteiger partial charge in [0.15, 0.2) is 0 Å². The first kappa shape index (κ1) is 29.6. The Hall–Kier alpha value is -4.41. The number of esters is 1. The number of aromatic nitrogens is 2. The van der Waals surface area contributed by atoms with Crippen molar-refractivity contribution in [2.45, 2.75) is 58.4 Å². The number of benzene rings is 2. The van der Waals surface area contributed by atoms with E-state index in [-0.39, 0.29) is 43.6 Å². The Bertz CT molecular complexity index is 1430. The molecule has 0 aliphatic carbocycles. The summed E-state index contributed by atoms with van der Waals surface area (Å²) in [6.07, 6.45) is 1.91. The van der Waals surface area contributed by atoms with Gasteiger partial charge in [0.2, 0.25) is 11.8 Å². The summed E-state index contributed by atoms with van der Waals surface area (Å²) in [5, 5.41) is 13.8. The summed E-state index contributed by atoms with van der Waals surface area (Å²) in [5.74, 6) is -0.00433. The highest BCUT2D eigenvalue weighted by Crippen LogP contribution is 2.33. The number of amides is 2. The van der Waals surface area contributed by atoms with E-state index in [4.69, 9.17) is 20.9 Å². The number of nitrogens with one attached hydrogen (secondary N) is 4. The SMILES string of the molecule is CCOC(=O)CCC(=O)NCC(C)(C(=O)N1CCCC1)c1ccc2[nH]c(CNc3ccc(C(=N)N)cc3)nc2c1C. The maximum absolute atomic E-state index is 13.9. The van der Waals surface area contributed by atoms with Crippen molar-refractivity contribution in [3.63, 3.8) is 0 Å². The number of hydrogen-bond donors (Lipinski definition) is 5. The van der Waals surface area contributed by atoms with Gasteiger partial charge >= 0.3 is 5.97 Å². The van der Waals surface area contributed by atoms with Crippen LogP contribution in [0.5, 0.6) is 0 Å². The molecule has 0 spiro atoms. The van der Waals surface area contributed by atoms with Crippen LogP contribution in [0.4, 0.5) is 5.69 Å². The van der Waals surface area contributed by atoms with Crippen molar-refractivity contribution in [1.29, 1.82) is 5.41 Å². The van der Waals surface area contributed by atoms with E-state index in [1.165, 1.54) is 0 Å².